The van der Waals surface area contributed by atoms with Gasteiger partial charge in [-0.05, 0) is 19.3 Å². The largest absolute Gasteiger partial charge is 0.107 e. The molecule has 0 rings (SSSR count). The van der Waals surface area contributed by atoms with Crippen LogP contribution in [0.3, 0.4) is 0 Å². The molecule has 0 aromatic heterocycles. The predicted octanol–water partition coefficient (Wildman–Crippen LogP) is 2.61. The van der Waals surface area contributed by atoms with Gasteiger partial charge in [0.05, 0.1) is 0 Å². The molecule has 0 heterocycles. The summed E-state index contributed by atoms with van der Waals surface area (Å²) in [5.41, 5.74) is 0. The number of allylic oxidation sites excluding steroid dienone is 1. The molecule has 0 aromatic carbocycles. The molecule has 0 amide bonds. The summed E-state index contributed by atoms with van der Waals surface area (Å²) in [4.78, 5) is 0. The first kappa shape index (κ1) is 8.30. The van der Waals surface area contributed by atoms with Gasteiger partial charge < -0.3 is 0 Å². The molecule has 0 heteroatoms. The summed E-state index contributed by atoms with van der Waals surface area (Å²) in [5, 5.41) is 0. The third-order valence-corrected chi connectivity index (χ3v) is 1.30. The molecule has 0 aromatic rings. The monoisotopic (exact) mass is 122 g/mol. The summed E-state index contributed by atoms with van der Waals surface area (Å²) in [5.74, 6) is 6.50. The normalized spacial score (nSPS) is 11.3. The van der Waals surface area contributed by atoms with Gasteiger partial charge in [-0.15, -0.1) is 18.4 Å². The van der Waals surface area contributed by atoms with Gasteiger partial charge in [0, 0.05) is 6.42 Å². The zero-order chi connectivity index (χ0) is 7.11. The van der Waals surface area contributed by atoms with E-state index < -0.39 is 0 Å². The molecular weight excluding hydrogens is 108 g/mol. The highest BCUT2D eigenvalue weighted by Crippen LogP contribution is 2.03. The first-order valence-electron chi connectivity index (χ1n) is 3.33. The summed E-state index contributed by atoms with van der Waals surface area (Å²) in [7, 11) is 0. The van der Waals surface area contributed by atoms with Crippen molar-refractivity contribution in [1.82, 2.24) is 0 Å². The molecule has 9 heavy (non-hydrogen) atoms. The zero-order valence-electron chi connectivity index (χ0n) is 6.28. The summed E-state index contributed by atoms with van der Waals surface area (Å²) in [6.45, 7) is 7.72. The van der Waals surface area contributed by atoms with Crippen LogP contribution in [0.15, 0.2) is 12.7 Å². The Morgan fingerprint density at radius 3 is 2.78 bits per heavy atom. The highest BCUT2D eigenvalue weighted by atomic mass is 14.0. The number of hydrogen-bond acceptors (Lipinski definition) is 0. The van der Waals surface area contributed by atoms with Crippen LogP contribution in [0.5, 0.6) is 0 Å². The fourth-order valence-electron chi connectivity index (χ4n) is 0.543. The molecule has 0 aliphatic rings. The maximum absolute atomic E-state index is 3.69. The number of hydrogen-bond donors (Lipinski definition) is 0. The van der Waals surface area contributed by atoms with E-state index in [1.807, 2.05) is 13.0 Å². The molecule has 0 saturated carbocycles. The molecule has 0 unspecified atom stereocenters. The lowest BCUT2D eigenvalue weighted by atomic mass is 10.1. The molecule has 0 aliphatic heterocycles. The van der Waals surface area contributed by atoms with Crippen molar-refractivity contribution in [2.75, 3.05) is 0 Å². The lowest BCUT2D eigenvalue weighted by molar-refractivity contribution is 0.666. The first-order chi connectivity index (χ1) is 4.31. The molecule has 0 radical (unpaired) electrons. The van der Waals surface area contributed by atoms with E-state index in [-0.39, 0.29) is 0 Å². The highest BCUT2D eigenvalue weighted by molar-refractivity contribution is 4.95. The number of rotatable bonds is 3. The summed E-state index contributed by atoms with van der Waals surface area (Å²) >= 11 is 0. The van der Waals surface area contributed by atoms with Crippen molar-refractivity contribution in [2.24, 2.45) is 5.92 Å². The van der Waals surface area contributed by atoms with Gasteiger partial charge in [-0.1, -0.05) is 13.0 Å². The van der Waals surface area contributed by atoms with Gasteiger partial charge in [0.1, 0.15) is 0 Å². The standard InChI is InChI=1S/C9H14/c1-4-6-7-8-9(3)5-2/h5,9H,2,7-8H2,1,3H3/t9-/m1/s1. The Kier molecular flexibility index (Phi) is 5.01. The summed E-state index contributed by atoms with van der Waals surface area (Å²) in [6.07, 6.45) is 4.12. The van der Waals surface area contributed by atoms with Crippen molar-refractivity contribution in [3.8, 4) is 11.8 Å². The maximum atomic E-state index is 3.69. The topological polar surface area (TPSA) is 0 Å². The molecule has 0 aliphatic carbocycles. The minimum Gasteiger partial charge on any atom is -0.107 e. The first-order valence-corrected chi connectivity index (χ1v) is 3.33. The lowest BCUT2D eigenvalue weighted by Gasteiger charge is -1.98. The minimum absolute atomic E-state index is 0.617. The molecular formula is C9H14. The minimum atomic E-state index is 0.617. The third-order valence-electron chi connectivity index (χ3n) is 1.30. The molecule has 0 spiro atoms. The Bertz CT molecular complexity index is 123. The third kappa shape index (κ3) is 5.17. The van der Waals surface area contributed by atoms with Crippen LogP contribution in [0.1, 0.15) is 26.7 Å². The van der Waals surface area contributed by atoms with Crippen molar-refractivity contribution < 1.29 is 0 Å². The van der Waals surface area contributed by atoms with Crippen LogP contribution in [0, 0.1) is 17.8 Å². The van der Waals surface area contributed by atoms with Crippen molar-refractivity contribution in [1.29, 1.82) is 0 Å². The smallest absolute Gasteiger partial charge is 0.00940 e. The molecule has 0 bridgehead atoms. The summed E-state index contributed by atoms with van der Waals surface area (Å²) < 4.78 is 0. The predicted molar refractivity (Wildman–Crippen MR) is 42.0 cm³/mol. The second-order valence-electron chi connectivity index (χ2n) is 2.18. The second kappa shape index (κ2) is 5.44. The van der Waals surface area contributed by atoms with Crippen molar-refractivity contribution in [3.05, 3.63) is 12.7 Å². The van der Waals surface area contributed by atoms with Gasteiger partial charge in [0.2, 0.25) is 0 Å². The van der Waals surface area contributed by atoms with Gasteiger partial charge >= 0.3 is 0 Å². The van der Waals surface area contributed by atoms with Crippen molar-refractivity contribution in [2.45, 2.75) is 26.7 Å². The Labute approximate surface area is 58.0 Å². The van der Waals surface area contributed by atoms with Crippen LogP contribution in [0.25, 0.3) is 0 Å². The molecule has 1 atom stereocenters. The molecule has 0 fully saturated rings. The SMILES string of the molecule is C=C[C@@H](C)CCC#CC. The fraction of sp³-hybridized carbons (Fsp3) is 0.556. The zero-order valence-corrected chi connectivity index (χ0v) is 6.28. The molecule has 0 nitrogen and oxygen atoms in total. The fourth-order valence-corrected chi connectivity index (χ4v) is 0.543. The molecule has 0 N–H and O–H groups in total. The van der Waals surface area contributed by atoms with Gasteiger partial charge in [0.15, 0.2) is 0 Å². The molecule has 50 valence electrons. The van der Waals surface area contributed by atoms with E-state index >= 15 is 0 Å². The van der Waals surface area contributed by atoms with E-state index in [1.165, 1.54) is 0 Å². The van der Waals surface area contributed by atoms with E-state index in [0.29, 0.717) is 5.92 Å². The van der Waals surface area contributed by atoms with Crippen LogP contribution >= 0.6 is 0 Å². The van der Waals surface area contributed by atoms with E-state index in [4.69, 9.17) is 0 Å². The van der Waals surface area contributed by atoms with Gasteiger partial charge in [-0.3, -0.25) is 0 Å². The average molecular weight is 122 g/mol. The van der Waals surface area contributed by atoms with Crippen LogP contribution in [-0.4, -0.2) is 0 Å². The van der Waals surface area contributed by atoms with Crippen LogP contribution < -0.4 is 0 Å². The summed E-state index contributed by atoms with van der Waals surface area (Å²) in [6, 6.07) is 0. The Balaban J connectivity index is 3.23. The molecule has 0 saturated heterocycles. The van der Waals surface area contributed by atoms with Crippen LogP contribution in [-0.2, 0) is 0 Å². The van der Waals surface area contributed by atoms with E-state index in [9.17, 15) is 0 Å². The Morgan fingerprint density at radius 2 is 2.33 bits per heavy atom. The van der Waals surface area contributed by atoms with E-state index in [0.717, 1.165) is 12.8 Å². The van der Waals surface area contributed by atoms with Crippen molar-refractivity contribution in [3.63, 3.8) is 0 Å². The average Bonchev–Trinajstić information content (AvgIpc) is 1.89. The van der Waals surface area contributed by atoms with E-state index in [1.54, 1.807) is 0 Å². The Hall–Kier alpha value is -0.700. The maximum Gasteiger partial charge on any atom is 0.00940 e. The second-order valence-corrected chi connectivity index (χ2v) is 2.18. The highest BCUT2D eigenvalue weighted by Gasteiger charge is 1.91. The van der Waals surface area contributed by atoms with Gasteiger partial charge in [0.25, 0.3) is 0 Å². The quantitative estimate of drug-likeness (QED) is 0.398. The Morgan fingerprint density at radius 1 is 1.67 bits per heavy atom. The van der Waals surface area contributed by atoms with Gasteiger partial charge in [-0.2, -0.15) is 0 Å². The van der Waals surface area contributed by atoms with E-state index in [2.05, 4.69) is 25.3 Å². The lowest BCUT2D eigenvalue weighted by Crippen LogP contribution is -1.85. The van der Waals surface area contributed by atoms with Crippen molar-refractivity contribution >= 4 is 0 Å². The van der Waals surface area contributed by atoms with Crippen LogP contribution in [0.4, 0.5) is 0 Å². The van der Waals surface area contributed by atoms with Crippen LogP contribution in [0.2, 0.25) is 0 Å². The van der Waals surface area contributed by atoms with Gasteiger partial charge in [-0.25, -0.2) is 0 Å².